The van der Waals surface area contributed by atoms with Gasteiger partial charge in [0.2, 0.25) is 5.91 Å². The topological polar surface area (TPSA) is 61.9 Å². The molecule has 1 atom stereocenters. The highest BCUT2D eigenvalue weighted by Gasteiger charge is 2.29. The van der Waals surface area contributed by atoms with Crippen molar-refractivity contribution in [3.63, 3.8) is 0 Å². The molecule has 2 rings (SSSR count). The molecule has 2 aromatic rings. The third kappa shape index (κ3) is 10.6. The van der Waals surface area contributed by atoms with Crippen LogP contribution in [0.25, 0.3) is 0 Å². The molecule has 1 N–H and O–H groups in total. The maximum absolute atomic E-state index is 13.9. The van der Waals surface area contributed by atoms with Gasteiger partial charge in [-0.1, -0.05) is 47.2 Å². The number of allylic oxidation sites excluding steroid dienone is 2. The number of nitrogens with one attached hydrogen (secondary N) is 1. The van der Waals surface area contributed by atoms with Crippen LogP contribution in [-0.4, -0.2) is 54.9 Å². The molecule has 0 radical (unpaired) electrons. The fourth-order valence-corrected chi connectivity index (χ4v) is 5.45. The summed E-state index contributed by atoms with van der Waals surface area (Å²) in [6.07, 6.45) is 6.30. The number of ketones is 1. The minimum Gasteiger partial charge on any atom is -0.497 e. The van der Waals surface area contributed by atoms with Gasteiger partial charge in [-0.15, -0.1) is 0 Å². The van der Waals surface area contributed by atoms with Crippen molar-refractivity contribution in [2.45, 2.75) is 73.4 Å². The number of anilines is 2. The number of rotatable bonds is 12. The lowest BCUT2D eigenvalue weighted by atomic mass is 10.0. The van der Waals surface area contributed by atoms with Crippen LogP contribution in [0.4, 0.5) is 11.4 Å². The number of hydrogen-bond acceptors (Lipinski definition) is 4. The average Bonchev–Trinajstić information content (AvgIpc) is 2.94. The summed E-state index contributed by atoms with van der Waals surface area (Å²) < 4.78 is 5.35. The third-order valence-electron chi connectivity index (χ3n) is 6.37. The Morgan fingerprint density at radius 2 is 1.59 bits per heavy atom. The van der Waals surface area contributed by atoms with E-state index in [1.54, 1.807) is 13.2 Å². The highest BCUT2D eigenvalue weighted by atomic mass is 31.1. The van der Waals surface area contributed by atoms with Gasteiger partial charge in [-0.2, -0.15) is 0 Å². The van der Waals surface area contributed by atoms with Crippen LogP contribution in [0.2, 0.25) is 0 Å². The lowest BCUT2D eigenvalue weighted by Crippen LogP contribution is -2.41. The Morgan fingerprint density at radius 3 is 2.02 bits per heavy atom. The predicted octanol–water partition coefficient (Wildman–Crippen LogP) is 8.15. The first kappa shape index (κ1) is 35.8. The summed E-state index contributed by atoms with van der Waals surface area (Å²) >= 11 is 0. The highest BCUT2D eigenvalue weighted by molar-refractivity contribution is 7.40. The van der Waals surface area contributed by atoms with Gasteiger partial charge in [0.05, 0.1) is 7.11 Å². The number of methoxy groups -OCH3 is 1. The zero-order valence-electron chi connectivity index (χ0n) is 26.9. The molecule has 0 fully saturated rings. The van der Waals surface area contributed by atoms with Crippen molar-refractivity contribution < 1.29 is 14.3 Å². The average molecular weight is 580 g/mol. The standard InChI is InChI=1S/C32H44N3O3P.C2H6/c1-10-12-25(14-13-23(3)36)31(39-9)34(7)29(24-15-21-28(38-8)22-16-24)30(37)33-26-17-19-27(20-18-26)35(11-2)32(4,5)6;1-2/h12-22,29H,10-11H2,1-9H3,(H,33,37);1-2H3/b14-13-,25-12+;. The van der Waals surface area contributed by atoms with Crippen LogP contribution in [0.3, 0.4) is 0 Å². The molecule has 224 valence electrons. The summed E-state index contributed by atoms with van der Waals surface area (Å²) in [6.45, 7) is 19.2. The van der Waals surface area contributed by atoms with E-state index in [0.717, 1.165) is 54.8 Å². The number of hydrogen-bond donors (Lipinski definition) is 1. The van der Waals surface area contributed by atoms with Crippen molar-refractivity contribution in [2.24, 2.45) is 0 Å². The number of carbonyl (C=O) groups is 2. The highest BCUT2D eigenvalue weighted by Crippen LogP contribution is 2.29. The monoisotopic (exact) mass is 579 g/mol. The first-order valence-electron chi connectivity index (χ1n) is 14.4. The van der Waals surface area contributed by atoms with Crippen LogP contribution < -0.4 is 15.0 Å². The summed E-state index contributed by atoms with van der Waals surface area (Å²) in [7, 11) is 4.53. The molecule has 0 aliphatic carbocycles. The van der Waals surface area contributed by atoms with E-state index in [-0.39, 0.29) is 17.2 Å². The first-order valence-corrected chi connectivity index (χ1v) is 15.7. The van der Waals surface area contributed by atoms with Crippen LogP contribution in [0, 0.1) is 0 Å². The van der Waals surface area contributed by atoms with Crippen LogP contribution in [-0.2, 0) is 9.59 Å². The third-order valence-corrected chi connectivity index (χ3v) is 7.36. The first-order chi connectivity index (χ1) is 19.5. The second-order valence-corrected chi connectivity index (χ2v) is 11.2. The number of benzene rings is 2. The van der Waals surface area contributed by atoms with Gasteiger partial charge in [0.25, 0.3) is 0 Å². The Labute approximate surface area is 250 Å². The fourth-order valence-electron chi connectivity index (χ4n) is 4.59. The molecule has 0 aliphatic rings. The van der Waals surface area contributed by atoms with Gasteiger partial charge in [0.1, 0.15) is 11.8 Å². The van der Waals surface area contributed by atoms with Gasteiger partial charge in [0.15, 0.2) is 5.78 Å². The second kappa shape index (κ2) is 17.6. The molecule has 2 aromatic carbocycles. The Hall–Kier alpha value is -3.21. The zero-order valence-corrected chi connectivity index (χ0v) is 27.8. The van der Waals surface area contributed by atoms with Crippen LogP contribution >= 0.6 is 8.20 Å². The van der Waals surface area contributed by atoms with Crippen LogP contribution in [0.5, 0.6) is 5.75 Å². The van der Waals surface area contributed by atoms with E-state index >= 15 is 0 Å². The van der Waals surface area contributed by atoms with Crippen molar-refractivity contribution in [3.05, 3.63) is 77.9 Å². The van der Waals surface area contributed by atoms with Gasteiger partial charge in [-0.25, -0.2) is 0 Å². The summed E-state index contributed by atoms with van der Waals surface area (Å²) in [5.74, 6) is 0.558. The second-order valence-electron chi connectivity index (χ2n) is 10.3. The number of nitrogens with zero attached hydrogens (tertiary/aromatic N) is 2. The lowest BCUT2D eigenvalue weighted by molar-refractivity contribution is -0.120. The molecule has 0 bridgehead atoms. The maximum atomic E-state index is 13.9. The summed E-state index contributed by atoms with van der Waals surface area (Å²) in [5, 5.41) is 3.13. The Balaban J connectivity index is 0.00000411. The molecule has 1 amide bonds. The maximum Gasteiger partial charge on any atom is 0.246 e. The molecular weight excluding hydrogens is 529 g/mol. The molecule has 0 saturated carbocycles. The van der Waals surface area contributed by atoms with Crippen molar-refractivity contribution in [3.8, 4) is 5.75 Å². The molecular formula is C34H50N3O3P. The summed E-state index contributed by atoms with van der Waals surface area (Å²) in [5.41, 5.74) is 4.55. The van der Waals surface area contributed by atoms with Gasteiger partial charge >= 0.3 is 0 Å². The molecule has 0 heterocycles. The largest absolute Gasteiger partial charge is 0.497 e. The number of carbonyl (C=O) groups excluding carboxylic acids is 2. The van der Waals surface area contributed by atoms with E-state index < -0.39 is 6.04 Å². The van der Waals surface area contributed by atoms with Gasteiger partial charge < -0.3 is 15.0 Å². The quantitative estimate of drug-likeness (QED) is 0.156. The fraction of sp³-hybridized carbons (Fsp3) is 0.441. The van der Waals surface area contributed by atoms with Crippen molar-refractivity contribution in [2.75, 3.05) is 37.6 Å². The number of ether oxygens (including phenoxy) is 1. The van der Waals surface area contributed by atoms with Gasteiger partial charge in [0, 0.05) is 28.9 Å². The summed E-state index contributed by atoms with van der Waals surface area (Å²) in [4.78, 5) is 29.9. The Morgan fingerprint density at radius 1 is 1.00 bits per heavy atom. The van der Waals surface area contributed by atoms with Crippen molar-refractivity contribution in [1.82, 2.24) is 4.90 Å². The van der Waals surface area contributed by atoms with E-state index in [0.29, 0.717) is 0 Å². The molecule has 0 saturated heterocycles. The van der Waals surface area contributed by atoms with E-state index in [1.165, 1.54) is 6.92 Å². The van der Waals surface area contributed by atoms with Crippen molar-refractivity contribution in [1.29, 1.82) is 0 Å². The molecule has 1 unspecified atom stereocenters. The molecule has 7 heteroatoms. The SMILES string of the molecule is CC.CC/C=C(\C=C/C(C)=O)C(=PC)N(C)C(C(=O)Nc1ccc(N(CC)C(C)(C)C)cc1)c1ccc(OC)cc1. The molecule has 41 heavy (non-hydrogen) atoms. The van der Waals surface area contributed by atoms with Crippen molar-refractivity contribution >= 4 is 36.7 Å². The molecule has 0 spiro atoms. The molecule has 0 aromatic heterocycles. The van der Waals surface area contributed by atoms with Crippen LogP contribution in [0.1, 0.15) is 73.4 Å². The smallest absolute Gasteiger partial charge is 0.246 e. The number of likely N-dealkylation sites (N-methyl/N-ethyl adjacent to an activating group) is 1. The Kier molecular flexibility index (Phi) is 15.3. The van der Waals surface area contributed by atoms with Crippen LogP contribution in [0.15, 0.2) is 72.3 Å². The molecule has 0 aliphatic heterocycles. The van der Waals surface area contributed by atoms with E-state index in [4.69, 9.17) is 4.74 Å². The zero-order chi connectivity index (χ0) is 31.2. The van der Waals surface area contributed by atoms with E-state index in [1.807, 2.05) is 87.1 Å². The van der Waals surface area contributed by atoms with Gasteiger partial charge in [-0.05, 0) is 114 Å². The van der Waals surface area contributed by atoms with E-state index in [9.17, 15) is 9.59 Å². The predicted molar refractivity (Wildman–Crippen MR) is 179 cm³/mol. The normalized spacial score (nSPS) is 13.0. The van der Waals surface area contributed by atoms with E-state index in [2.05, 4.69) is 50.9 Å². The minimum absolute atomic E-state index is 0.00610. The molecule has 6 nitrogen and oxygen atoms in total. The summed E-state index contributed by atoms with van der Waals surface area (Å²) in [6, 6.07) is 15.0. The minimum atomic E-state index is -0.606. The Bertz CT molecular complexity index is 1190. The number of amides is 1. The van der Waals surface area contributed by atoms with Gasteiger partial charge in [-0.3, -0.25) is 14.5 Å². The lowest BCUT2D eigenvalue weighted by Gasteiger charge is -2.37.